The topological polar surface area (TPSA) is 92.3 Å². The molecule has 6 nitrogen and oxygen atoms in total. The first kappa shape index (κ1) is 19.8. The normalized spacial score (nSPS) is 11.9. The zero-order valence-corrected chi connectivity index (χ0v) is 17.4. The van der Waals surface area contributed by atoms with Gasteiger partial charge in [-0.3, -0.25) is 9.44 Å². The van der Waals surface area contributed by atoms with Gasteiger partial charge in [0.1, 0.15) is 10.0 Å². The fourth-order valence-corrected chi connectivity index (χ4v) is 6.21. The number of hydrogen-bond acceptors (Lipinski definition) is 5. The van der Waals surface area contributed by atoms with E-state index in [2.05, 4.69) is 25.4 Å². The molecule has 1 heterocycles. The Morgan fingerprint density at radius 1 is 0.741 bits per heavy atom. The van der Waals surface area contributed by atoms with Gasteiger partial charge in [-0.25, -0.2) is 21.2 Å². The van der Waals surface area contributed by atoms with Crippen LogP contribution < -0.4 is 9.44 Å². The van der Waals surface area contributed by atoms with E-state index in [1.165, 1.54) is 42.5 Å². The van der Waals surface area contributed by atoms with Crippen molar-refractivity contribution in [1.29, 1.82) is 0 Å². The first-order valence-electron chi connectivity index (χ1n) is 7.32. The molecule has 0 atom stereocenters. The van der Waals surface area contributed by atoms with Crippen molar-refractivity contribution < 1.29 is 21.2 Å². The van der Waals surface area contributed by atoms with Crippen molar-refractivity contribution in [2.24, 2.45) is 0 Å². The molecule has 0 saturated heterocycles. The first-order valence-corrected chi connectivity index (χ1v) is 11.9. The number of benzene rings is 2. The molecule has 3 aromatic rings. The van der Waals surface area contributed by atoms with E-state index in [0.717, 1.165) is 23.5 Å². The van der Waals surface area contributed by atoms with E-state index in [1.54, 1.807) is 6.07 Å². The quantitative estimate of drug-likeness (QED) is 0.539. The summed E-state index contributed by atoms with van der Waals surface area (Å²) in [5, 5.41) is 0. The van der Waals surface area contributed by atoms with Gasteiger partial charge in [-0.1, -0.05) is 0 Å². The molecular formula is C16H12BrFN2O4S3. The van der Waals surface area contributed by atoms with Gasteiger partial charge in [-0.05, 0) is 76.6 Å². The van der Waals surface area contributed by atoms with Gasteiger partial charge in [0.2, 0.25) is 0 Å². The molecule has 0 bridgehead atoms. The van der Waals surface area contributed by atoms with Gasteiger partial charge < -0.3 is 0 Å². The monoisotopic (exact) mass is 490 g/mol. The molecule has 0 amide bonds. The highest BCUT2D eigenvalue weighted by atomic mass is 79.9. The molecule has 0 aliphatic carbocycles. The summed E-state index contributed by atoms with van der Waals surface area (Å²) < 4.78 is 67.7. The zero-order valence-electron chi connectivity index (χ0n) is 13.4. The lowest BCUT2D eigenvalue weighted by Gasteiger charge is -2.10. The Hall–Kier alpha value is -1.95. The summed E-state index contributed by atoms with van der Waals surface area (Å²) in [5.74, 6) is -0.479. The van der Waals surface area contributed by atoms with Crippen LogP contribution in [0.25, 0.3) is 0 Å². The average molecular weight is 491 g/mol. The highest BCUT2D eigenvalue weighted by Gasteiger charge is 2.18. The lowest BCUT2D eigenvalue weighted by molar-refractivity contribution is 0.600. The smallest absolute Gasteiger partial charge is 0.271 e. The third-order valence-electron chi connectivity index (χ3n) is 3.33. The van der Waals surface area contributed by atoms with E-state index in [4.69, 9.17) is 0 Å². The van der Waals surface area contributed by atoms with Gasteiger partial charge in [0.05, 0.1) is 8.68 Å². The van der Waals surface area contributed by atoms with Gasteiger partial charge in [0, 0.05) is 11.4 Å². The van der Waals surface area contributed by atoms with Crippen LogP contribution >= 0.6 is 27.3 Å². The van der Waals surface area contributed by atoms with E-state index < -0.39 is 25.9 Å². The van der Waals surface area contributed by atoms with Gasteiger partial charge in [0.15, 0.2) is 0 Å². The van der Waals surface area contributed by atoms with Crippen LogP contribution in [0.2, 0.25) is 0 Å². The molecule has 11 heteroatoms. The van der Waals surface area contributed by atoms with Crippen LogP contribution in [0.5, 0.6) is 0 Å². The van der Waals surface area contributed by atoms with Crippen molar-refractivity contribution in [3.63, 3.8) is 0 Å². The van der Waals surface area contributed by atoms with Crippen LogP contribution in [-0.2, 0) is 20.0 Å². The van der Waals surface area contributed by atoms with Crippen LogP contribution in [0.4, 0.5) is 15.8 Å². The molecule has 142 valence electrons. The fraction of sp³-hybridized carbons (Fsp3) is 0. The third-order valence-corrected chi connectivity index (χ3v) is 8.22. The van der Waals surface area contributed by atoms with Crippen molar-refractivity contribution in [1.82, 2.24) is 0 Å². The van der Waals surface area contributed by atoms with Crippen LogP contribution in [0, 0.1) is 5.82 Å². The van der Waals surface area contributed by atoms with Crippen molar-refractivity contribution in [2.45, 2.75) is 9.10 Å². The summed E-state index contributed by atoms with van der Waals surface area (Å²) >= 11 is 4.26. The first-order chi connectivity index (χ1) is 12.7. The van der Waals surface area contributed by atoms with Crippen molar-refractivity contribution in [3.05, 3.63) is 70.3 Å². The molecular weight excluding hydrogens is 479 g/mol. The van der Waals surface area contributed by atoms with E-state index >= 15 is 0 Å². The second kappa shape index (κ2) is 7.58. The summed E-state index contributed by atoms with van der Waals surface area (Å²) in [6.45, 7) is 0. The average Bonchev–Trinajstić information content (AvgIpc) is 3.04. The Morgan fingerprint density at radius 3 is 1.78 bits per heavy atom. The summed E-state index contributed by atoms with van der Waals surface area (Å²) in [6, 6.07) is 13.2. The molecule has 1 aromatic heterocycles. The minimum Gasteiger partial charge on any atom is -0.280 e. The number of halogens is 2. The highest BCUT2D eigenvalue weighted by molar-refractivity contribution is 9.11. The maximum Gasteiger partial charge on any atom is 0.271 e. The Kier molecular flexibility index (Phi) is 5.56. The van der Waals surface area contributed by atoms with Gasteiger partial charge in [-0.15, -0.1) is 11.3 Å². The van der Waals surface area contributed by atoms with Crippen LogP contribution in [0.3, 0.4) is 0 Å². The SMILES string of the molecule is O=S(=O)(Nc1ccc(F)cc1)c1ccc(NS(=O)(=O)c2ccc(Br)s2)cc1. The molecule has 0 spiro atoms. The van der Waals surface area contributed by atoms with Gasteiger partial charge in [-0.2, -0.15) is 0 Å². The highest BCUT2D eigenvalue weighted by Crippen LogP contribution is 2.28. The Balaban J connectivity index is 1.77. The summed E-state index contributed by atoms with van der Waals surface area (Å²) in [7, 11) is -7.64. The molecule has 0 radical (unpaired) electrons. The number of hydrogen-bond donors (Lipinski definition) is 2. The molecule has 0 fully saturated rings. The molecule has 0 saturated carbocycles. The second-order valence-electron chi connectivity index (χ2n) is 5.30. The number of rotatable bonds is 6. The second-order valence-corrected chi connectivity index (χ2v) is 11.4. The number of anilines is 2. The zero-order chi connectivity index (χ0) is 19.7. The maximum absolute atomic E-state index is 12.9. The molecule has 0 unspecified atom stereocenters. The Bertz CT molecular complexity index is 1160. The third kappa shape index (κ3) is 4.86. The van der Waals surface area contributed by atoms with Gasteiger partial charge >= 0.3 is 0 Å². The van der Waals surface area contributed by atoms with E-state index in [0.29, 0.717) is 3.79 Å². The summed E-state index contributed by atoms with van der Waals surface area (Å²) in [6.07, 6.45) is 0. The van der Waals surface area contributed by atoms with Crippen LogP contribution in [0.15, 0.2) is 73.6 Å². The van der Waals surface area contributed by atoms with Crippen molar-refractivity contribution in [3.8, 4) is 0 Å². The Morgan fingerprint density at radius 2 is 1.26 bits per heavy atom. The lowest BCUT2D eigenvalue weighted by Crippen LogP contribution is -2.14. The largest absolute Gasteiger partial charge is 0.280 e. The minimum absolute atomic E-state index is 0.0614. The summed E-state index contributed by atoms with van der Waals surface area (Å²) in [5.41, 5.74) is 0.435. The number of thiophene rings is 1. The predicted octanol–water partition coefficient (Wildman–Crippen LogP) is 4.25. The standard InChI is InChI=1S/C16H12BrFN2O4S3/c17-15-9-10-16(25-15)27(23,24)20-13-5-7-14(8-6-13)26(21,22)19-12-3-1-11(18)2-4-12/h1-10,19-20H. The molecule has 2 N–H and O–H groups in total. The predicted molar refractivity (Wildman–Crippen MR) is 106 cm³/mol. The van der Waals surface area contributed by atoms with E-state index in [9.17, 15) is 21.2 Å². The Labute approximate surface area is 168 Å². The molecule has 2 aromatic carbocycles. The fourth-order valence-electron chi connectivity index (χ4n) is 2.08. The van der Waals surface area contributed by atoms with Crippen molar-refractivity contribution in [2.75, 3.05) is 9.44 Å². The van der Waals surface area contributed by atoms with Gasteiger partial charge in [0.25, 0.3) is 20.0 Å². The molecule has 0 aliphatic heterocycles. The summed E-state index contributed by atoms with van der Waals surface area (Å²) in [4.78, 5) is -0.0614. The van der Waals surface area contributed by atoms with E-state index in [-0.39, 0.29) is 20.5 Å². The number of nitrogens with one attached hydrogen (secondary N) is 2. The number of sulfonamides is 2. The van der Waals surface area contributed by atoms with Crippen molar-refractivity contribution >= 4 is 58.7 Å². The van der Waals surface area contributed by atoms with Crippen LogP contribution in [0.1, 0.15) is 0 Å². The molecule has 27 heavy (non-hydrogen) atoms. The van der Waals surface area contributed by atoms with E-state index in [1.807, 2.05) is 0 Å². The van der Waals surface area contributed by atoms with Crippen LogP contribution in [-0.4, -0.2) is 16.8 Å². The maximum atomic E-state index is 12.9. The molecule has 0 aliphatic rings. The lowest BCUT2D eigenvalue weighted by atomic mass is 10.3. The minimum atomic E-state index is -3.89. The molecule has 3 rings (SSSR count).